The molecule has 1 N–H and O–H groups in total. The van der Waals surface area contributed by atoms with Gasteiger partial charge in [0.15, 0.2) is 5.69 Å². The molecule has 0 unspecified atom stereocenters. The third-order valence-corrected chi connectivity index (χ3v) is 5.24. The number of carbonyl (C=O) groups is 1. The number of nitrogens with one attached hydrogen (secondary N) is 1. The summed E-state index contributed by atoms with van der Waals surface area (Å²) in [5.41, 5.74) is 1.42. The number of nitrogens with zero attached hydrogens (tertiary/aromatic N) is 5. The molecule has 0 bridgehead atoms. The average molecular weight is 437 g/mol. The Kier molecular flexibility index (Phi) is 12.9. The highest BCUT2D eigenvalue weighted by Crippen LogP contribution is 2.21. The summed E-state index contributed by atoms with van der Waals surface area (Å²) in [4.78, 5) is 17.5. The maximum Gasteiger partial charge on any atom is 0.276 e. The van der Waals surface area contributed by atoms with Crippen molar-refractivity contribution >= 4 is 30.7 Å². The molecule has 1 saturated heterocycles. The number of piperidine rings is 1. The van der Waals surface area contributed by atoms with Crippen LogP contribution in [-0.2, 0) is 0 Å². The average Bonchev–Trinajstić information content (AvgIpc) is 3.02. The van der Waals surface area contributed by atoms with E-state index in [0.29, 0.717) is 17.7 Å². The normalized spacial score (nSPS) is 14.7. The number of amides is 1. The van der Waals surface area contributed by atoms with Crippen LogP contribution in [0.5, 0.6) is 0 Å². The van der Waals surface area contributed by atoms with E-state index in [9.17, 15) is 4.79 Å². The van der Waals surface area contributed by atoms with Crippen LogP contribution in [-0.4, -0.2) is 76.5 Å². The predicted octanol–water partition coefficient (Wildman–Crippen LogP) is 2.79. The van der Waals surface area contributed by atoms with E-state index in [1.807, 2.05) is 16.5 Å². The van der Waals surface area contributed by atoms with Gasteiger partial charge in [0.25, 0.3) is 5.91 Å². The maximum absolute atomic E-state index is 13.2. The summed E-state index contributed by atoms with van der Waals surface area (Å²) in [5, 5.41) is 12.0. The second-order valence-corrected chi connectivity index (χ2v) is 7.62. The largest absolute Gasteiger partial charge is 0.336 e. The third-order valence-electron chi connectivity index (χ3n) is 5.24. The molecule has 0 spiro atoms. The van der Waals surface area contributed by atoms with Gasteiger partial charge in [-0.25, -0.2) is 4.68 Å². The summed E-state index contributed by atoms with van der Waals surface area (Å²) in [6, 6.07) is 0.347. The van der Waals surface area contributed by atoms with Gasteiger partial charge in [0.05, 0.1) is 11.7 Å². The fourth-order valence-electron chi connectivity index (χ4n) is 3.60. The first-order valence-corrected chi connectivity index (χ1v) is 10.1. The van der Waals surface area contributed by atoms with Crippen molar-refractivity contribution in [3.05, 3.63) is 11.4 Å². The lowest BCUT2D eigenvalue weighted by Crippen LogP contribution is -2.41. The van der Waals surface area contributed by atoms with Gasteiger partial charge in [-0.3, -0.25) is 4.79 Å². The molecule has 1 aromatic heterocycles. The number of rotatable bonds is 9. The molecule has 1 amide bonds. The maximum atomic E-state index is 13.2. The molecule has 0 saturated carbocycles. The van der Waals surface area contributed by atoms with E-state index in [2.05, 4.69) is 48.2 Å². The molecule has 0 radical (unpaired) electrons. The topological polar surface area (TPSA) is 66.3 Å². The van der Waals surface area contributed by atoms with Crippen molar-refractivity contribution in [3.63, 3.8) is 0 Å². The monoisotopic (exact) mass is 436 g/mol. The van der Waals surface area contributed by atoms with Gasteiger partial charge in [0.1, 0.15) is 0 Å². The van der Waals surface area contributed by atoms with Crippen LogP contribution in [0.15, 0.2) is 0 Å². The van der Waals surface area contributed by atoms with E-state index in [1.165, 1.54) is 0 Å². The zero-order valence-electron chi connectivity index (χ0n) is 18.0. The molecule has 164 valence electrons. The Morgan fingerprint density at radius 3 is 2.32 bits per heavy atom. The van der Waals surface area contributed by atoms with E-state index in [0.717, 1.165) is 64.3 Å². The smallest absolute Gasteiger partial charge is 0.276 e. The van der Waals surface area contributed by atoms with Crippen molar-refractivity contribution in [1.82, 2.24) is 30.1 Å². The molecule has 1 fully saturated rings. The number of halogens is 2. The molecule has 1 aliphatic rings. The molecule has 2 rings (SSSR count). The molecule has 28 heavy (non-hydrogen) atoms. The molecule has 0 aromatic carbocycles. The number of hydrogen-bond donors (Lipinski definition) is 1. The zero-order valence-corrected chi connectivity index (χ0v) is 19.6. The minimum absolute atomic E-state index is 0. The molecule has 1 aromatic rings. The summed E-state index contributed by atoms with van der Waals surface area (Å²) >= 11 is 0. The highest BCUT2D eigenvalue weighted by atomic mass is 35.5. The Hall–Kier alpha value is -0.890. The molecule has 0 atom stereocenters. The first kappa shape index (κ1) is 27.1. The fraction of sp³-hybridized carbons (Fsp3) is 0.842. The first-order valence-electron chi connectivity index (χ1n) is 10.1. The van der Waals surface area contributed by atoms with Gasteiger partial charge in [-0.15, -0.1) is 29.9 Å². The number of likely N-dealkylation sites (N-methyl/N-ethyl adjacent to an activating group) is 1. The summed E-state index contributed by atoms with van der Waals surface area (Å²) in [5.74, 6) is 0.443. The highest BCUT2D eigenvalue weighted by molar-refractivity contribution is 5.93. The van der Waals surface area contributed by atoms with E-state index in [-0.39, 0.29) is 30.7 Å². The van der Waals surface area contributed by atoms with Crippen molar-refractivity contribution in [2.75, 3.05) is 45.8 Å². The second-order valence-electron chi connectivity index (χ2n) is 7.62. The predicted molar refractivity (Wildman–Crippen MR) is 119 cm³/mol. The Morgan fingerprint density at radius 1 is 1.18 bits per heavy atom. The van der Waals surface area contributed by atoms with Crippen molar-refractivity contribution in [1.29, 1.82) is 0 Å². The molecular formula is C19H38Cl2N6O. The Bertz CT molecular complexity index is 571. The van der Waals surface area contributed by atoms with Crippen LogP contribution in [0.1, 0.15) is 62.8 Å². The van der Waals surface area contributed by atoms with Crippen LogP contribution in [0, 0.1) is 12.8 Å². The Balaban J connectivity index is 0.00000364. The van der Waals surface area contributed by atoms with Gasteiger partial charge in [-0.2, -0.15) is 0 Å². The molecule has 7 nitrogen and oxygen atoms in total. The minimum atomic E-state index is 0. The zero-order chi connectivity index (χ0) is 19.1. The van der Waals surface area contributed by atoms with Gasteiger partial charge >= 0.3 is 0 Å². The summed E-state index contributed by atoms with van der Waals surface area (Å²) in [7, 11) is 0. The van der Waals surface area contributed by atoms with Crippen LogP contribution in [0.4, 0.5) is 0 Å². The minimum Gasteiger partial charge on any atom is -0.336 e. The van der Waals surface area contributed by atoms with Crippen LogP contribution in [0.3, 0.4) is 0 Å². The van der Waals surface area contributed by atoms with Gasteiger partial charge in [-0.1, -0.05) is 32.9 Å². The van der Waals surface area contributed by atoms with Crippen LogP contribution in [0.25, 0.3) is 0 Å². The van der Waals surface area contributed by atoms with Crippen molar-refractivity contribution in [2.24, 2.45) is 5.92 Å². The Morgan fingerprint density at radius 2 is 1.79 bits per heavy atom. The summed E-state index contributed by atoms with van der Waals surface area (Å²) < 4.78 is 1.96. The van der Waals surface area contributed by atoms with E-state index >= 15 is 0 Å². The highest BCUT2D eigenvalue weighted by Gasteiger charge is 2.26. The standard InChI is InChI=1S/C19H36N6O.2ClH/c1-6-23(7-2)12-13-24(14-15(3)4)19(26)18-16(5)25(22-21-18)17-8-10-20-11-9-17;;/h15,17,20H,6-14H2,1-5H3;2*1H. The number of aromatic nitrogens is 3. The summed E-state index contributed by atoms with van der Waals surface area (Å²) in [6.07, 6.45) is 2.07. The van der Waals surface area contributed by atoms with Crippen LogP contribution in [0.2, 0.25) is 0 Å². The fourth-order valence-corrected chi connectivity index (χ4v) is 3.60. The lowest BCUT2D eigenvalue weighted by Gasteiger charge is -2.27. The third kappa shape index (κ3) is 7.17. The lowest BCUT2D eigenvalue weighted by molar-refractivity contribution is 0.0709. The molecule has 0 aliphatic carbocycles. The van der Waals surface area contributed by atoms with Crippen LogP contribution >= 0.6 is 24.8 Å². The SMILES string of the molecule is CCN(CC)CCN(CC(C)C)C(=O)c1nnn(C2CCNCC2)c1C.Cl.Cl. The number of hydrogen-bond acceptors (Lipinski definition) is 5. The first-order chi connectivity index (χ1) is 12.5. The molecular weight excluding hydrogens is 399 g/mol. The Labute approximate surface area is 182 Å². The number of carbonyl (C=O) groups excluding carboxylic acids is 1. The van der Waals surface area contributed by atoms with Gasteiger partial charge in [0, 0.05) is 19.6 Å². The van der Waals surface area contributed by atoms with Gasteiger partial charge in [0.2, 0.25) is 0 Å². The van der Waals surface area contributed by atoms with Crippen molar-refractivity contribution < 1.29 is 4.79 Å². The van der Waals surface area contributed by atoms with Gasteiger partial charge in [-0.05, 0) is 51.9 Å². The second kappa shape index (κ2) is 13.4. The molecule has 9 heteroatoms. The van der Waals surface area contributed by atoms with Crippen molar-refractivity contribution in [2.45, 2.75) is 53.5 Å². The summed E-state index contributed by atoms with van der Waals surface area (Å²) in [6.45, 7) is 17.0. The molecule has 1 aliphatic heterocycles. The van der Waals surface area contributed by atoms with Crippen molar-refractivity contribution in [3.8, 4) is 0 Å². The quantitative estimate of drug-likeness (QED) is 0.644. The molecule has 2 heterocycles. The van der Waals surface area contributed by atoms with Gasteiger partial charge < -0.3 is 15.1 Å². The van der Waals surface area contributed by atoms with E-state index in [1.54, 1.807) is 0 Å². The van der Waals surface area contributed by atoms with Crippen LogP contribution < -0.4 is 5.32 Å². The lowest BCUT2D eigenvalue weighted by atomic mass is 10.1. The van der Waals surface area contributed by atoms with E-state index in [4.69, 9.17) is 0 Å². The van der Waals surface area contributed by atoms with E-state index < -0.39 is 0 Å².